The van der Waals surface area contributed by atoms with Crippen molar-refractivity contribution in [2.45, 2.75) is 20.4 Å². The highest BCUT2D eigenvalue weighted by Gasteiger charge is 2.20. The normalized spacial score (nSPS) is 12.5. The summed E-state index contributed by atoms with van der Waals surface area (Å²) >= 11 is 0. The van der Waals surface area contributed by atoms with Gasteiger partial charge in [-0.3, -0.25) is 4.79 Å². The van der Waals surface area contributed by atoms with Gasteiger partial charge < -0.3 is 10.6 Å². The first kappa shape index (κ1) is 13.7. The second-order valence-corrected chi connectivity index (χ2v) is 4.61. The smallest absolute Gasteiger partial charge is 0.224 e. The molecule has 94 valence electrons. The minimum absolute atomic E-state index is 0.0312. The third-order valence-corrected chi connectivity index (χ3v) is 2.88. The number of hydrogen-bond acceptors (Lipinski definition) is 2. The third kappa shape index (κ3) is 4.57. The zero-order valence-electron chi connectivity index (χ0n) is 10.9. The Balaban J connectivity index is 2.47. The number of carbonyl (C=O) groups excluding carboxylic acids is 1. The van der Waals surface area contributed by atoms with Crippen LogP contribution in [-0.2, 0) is 11.3 Å². The van der Waals surface area contributed by atoms with Crippen LogP contribution in [0.4, 0.5) is 0 Å². The van der Waals surface area contributed by atoms with Gasteiger partial charge in [-0.05, 0) is 18.5 Å². The van der Waals surface area contributed by atoms with E-state index in [1.165, 1.54) is 0 Å². The van der Waals surface area contributed by atoms with E-state index in [-0.39, 0.29) is 11.8 Å². The van der Waals surface area contributed by atoms with Crippen molar-refractivity contribution in [2.75, 3.05) is 13.6 Å². The summed E-state index contributed by atoms with van der Waals surface area (Å²) in [5, 5.41) is 6.05. The molecule has 0 saturated carbocycles. The van der Waals surface area contributed by atoms with Gasteiger partial charge in [0.25, 0.3) is 0 Å². The predicted octanol–water partition coefficient (Wildman–Crippen LogP) is 1.79. The summed E-state index contributed by atoms with van der Waals surface area (Å²) in [5.74, 6) is 0.500. The second-order valence-electron chi connectivity index (χ2n) is 4.61. The van der Waals surface area contributed by atoms with Gasteiger partial charge in [0.2, 0.25) is 5.91 Å². The zero-order chi connectivity index (χ0) is 12.7. The maximum atomic E-state index is 12.0. The second kappa shape index (κ2) is 7.07. The minimum atomic E-state index is 0.0312. The highest BCUT2D eigenvalue weighted by molar-refractivity contribution is 5.79. The Hall–Kier alpha value is -1.35. The molecule has 0 aliphatic carbocycles. The molecule has 3 nitrogen and oxygen atoms in total. The fourth-order valence-corrected chi connectivity index (χ4v) is 1.77. The standard InChI is InChI=1S/C14H22N2O/c1-11(2)13(10-15-3)14(17)16-9-12-7-5-4-6-8-12/h4-8,11,13,15H,9-10H2,1-3H3,(H,16,17). The van der Waals surface area contributed by atoms with Gasteiger partial charge in [-0.25, -0.2) is 0 Å². The highest BCUT2D eigenvalue weighted by Crippen LogP contribution is 2.10. The summed E-state index contributed by atoms with van der Waals surface area (Å²) in [7, 11) is 1.87. The lowest BCUT2D eigenvalue weighted by molar-refractivity contribution is -0.126. The molecule has 0 aliphatic heterocycles. The van der Waals surface area contributed by atoms with E-state index in [1.54, 1.807) is 0 Å². The fourth-order valence-electron chi connectivity index (χ4n) is 1.77. The fraction of sp³-hybridized carbons (Fsp3) is 0.500. The first-order valence-corrected chi connectivity index (χ1v) is 6.11. The number of carbonyl (C=O) groups is 1. The monoisotopic (exact) mass is 234 g/mol. The quantitative estimate of drug-likeness (QED) is 0.788. The molecule has 3 heteroatoms. The lowest BCUT2D eigenvalue weighted by atomic mass is 9.95. The van der Waals surface area contributed by atoms with Gasteiger partial charge >= 0.3 is 0 Å². The first-order valence-electron chi connectivity index (χ1n) is 6.11. The third-order valence-electron chi connectivity index (χ3n) is 2.88. The molecule has 0 aromatic heterocycles. The van der Waals surface area contributed by atoms with Crippen molar-refractivity contribution >= 4 is 5.91 Å². The van der Waals surface area contributed by atoms with Gasteiger partial charge in [0.1, 0.15) is 0 Å². The van der Waals surface area contributed by atoms with E-state index in [2.05, 4.69) is 24.5 Å². The van der Waals surface area contributed by atoms with Crippen LogP contribution in [0.3, 0.4) is 0 Å². The molecule has 0 spiro atoms. The Morgan fingerprint density at radius 3 is 2.41 bits per heavy atom. The molecule has 0 saturated heterocycles. The van der Waals surface area contributed by atoms with Crippen molar-refractivity contribution in [3.63, 3.8) is 0 Å². The van der Waals surface area contributed by atoms with E-state index in [0.717, 1.165) is 12.1 Å². The first-order chi connectivity index (χ1) is 8.15. The van der Waals surface area contributed by atoms with Crippen molar-refractivity contribution in [3.8, 4) is 0 Å². The molecule has 1 aromatic rings. The van der Waals surface area contributed by atoms with E-state index in [4.69, 9.17) is 0 Å². The van der Waals surface area contributed by atoms with Crippen LogP contribution in [0.1, 0.15) is 19.4 Å². The lowest BCUT2D eigenvalue weighted by Gasteiger charge is -2.19. The Morgan fingerprint density at radius 1 is 1.24 bits per heavy atom. The average Bonchev–Trinajstić information content (AvgIpc) is 2.34. The Labute approximate surface area is 104 Å². The summed E-state index contributed by atoms with van der Waals surface area (Å²) in [6.07, 6.45) is 0. The van der Waals surface area contributed by atoms with Crippen molar-refractivity contribution in [1.82, 2.24) is 10.6 Å². The van der Waals surface area contributed by atoms with Gasteiger partial charge in [-0.2, -0.15) is 0 Å². The largest absolute Gasteiger partial charge is 0.352 e. The van der Waals surface area contributed by atoms with E-state index in [0.29, 0.717) is 12.5 Å². The number of benzene rings is 1. The summed E-state index contributed by atoms with van der Waals surface area (Å²) in [6, 6.07) is 9.97. The molecule has 17 heavy (non-hydrogen) atoms. The van der Waals surface area contributed by atoms with Gasteiger partial charge in [-0.1, -0.05) is 44.2 Å². The molecule has 1 atom stereocenters. The van der Waals surface area contributed by atoms with Crippen LogP contribution in [0.15, 0.2) is 30.3 Å². The van der Waals surface area contributed by atoms with Crippen LogP contribution < -0.4 is 10.6 Å². The summed E-state index contributed by atoms with van der Waals surface area (Å²) in [5.41, 5.74) is 1.13. The molecule has 0 heterocycles. The van der Waals surface area contributed by atoms with Gasteiger partial charge in [0.15, 0.2) is 0 Å². The zero-order valence-corrected chi connectivity index (χ0v) is 10.9. The SMILES string of the molecule is CNCC(C(=O)NCc1ccccc1)C(C)C. The van der Waals surface area contributed by atoms with Crippen molar-refractivity contribution < 1.29 is 4.79 Å². The molecule has 2 N–H and O–H groups in total. The van der Waals surface area contributed by atoms with Crippen LogP contribution in [0.5, 0.6) is 0 Å². The molecule has 0 bridgehead atoms. The van der Waals surface area contributed by atoms with Crippen molar-refractivity contribution in [1.29, 1.82) is 0 Å². The number of rotatable bonds is 6. The molecule has 0 radical (unpaired) electrons. The molecule has 0 aliphatic rings. The van der Waals surface area contributed by atoms with E-state index in [9.17, 15) is 4.79 Å². The molecule has 1 rings (SSSR count). The Kier molecular flexibility index (Phi) is 5.70. The van der Waals surface area contributed by atoms with Crippen LogP contribution in [0.25, 0.3) is 0 Å². The number of amides is 1. The molecule has 1 amide bonds. The van der Waals surface area contributed by atoms with Gasteiger partial charge in [0, 0.05) is 13.1 Å². The number of nitrogens with one attached hydrogen (secondary N) is 2. The summed E-state index contributed by atoms with van der Waals surface area (Å²) in [6.45, 7) is 5.47. The van der Waals surface area contributed by atoms with Crippen LogP contribution >= 0.6 is 0 Å². The van der Waals surface area contributed by atoms with Crippen molar-refractivity contribution in [3.05, 3.63) is 35.9 Å². The Bertz CT molecular complexity index is 335. The van der Waals surface area contributed by atoms with E-state index < -0.39 is 0 Å². The molecular weight excluding hydrogens is 212 g/mol. The Morgan fingerprint density at radius 2 is 1.88 bits per heavy atom. The number of hydrogen-bond donors (Lipinski definition) is 2. The maximum absolute atomic E-state index is 12.0. The van der Waals surface area contributed by atoms with Crippen LogP contribution in [0, 0.1) is 11.8 Å². The predicted molar refractivity (Wildman–Crippen MR) is 70.5 cm³/mol. The van der Waals surface area contributed by atoms with E-state index in [1.807, 2.05) is 37.4 Å². The molecule has 0 fully saturated rings. The average molecular weight is 234 g/mol. The molecule has 1 unspecified atom stereocenters. The van der Waals surface area contributed by atoms with Crippen molar-refractivity contribution in [2.24, 2.45) is 11.8 Å². The minimum Gasteiger partial charge on any atom is -0.352 e. The van der Waals surface area contributed by atoms with Crippen LogP contribution in [0.2, 0.25) is 0 Å². The molecule has 1 aromatic carbocycles. The van der Waals surface area contributed by atoms with Gasteiger partial charge in [0.05, 0.1) is 5.92 Å². The van der Waals surface area contributed by atoms with Crippen LogP contribution in [-0.4, -0.2) is 19.5 Å². The summed E-state index contributed by atoms with van der Waals surface area (Å²) < 4.78 is 0. The lowest BCUT2D eigenvalue weighted by Crippen LogP contribution is -2.38. The van der Waals surface area contributed by atoms with E-state index >= 15 is 0 Å². The maximum Gasteiger partial charge on any atom is 0.224 e. The van der Waals surface area contributed by atoms with Gasteiger partial charge in [-0.15, -0.1) is 0 Å². The highest BCUT2D eigenvalue weighted by atomic mass is 16.1. The summed E-state index contributed by atoms with van der Waals surface area (Å²) in [4.78, 5) is 12.0. The topological polar surface area (TPSA) is 41.1 Å². The molecular formula is C14H22N2O.